The number of nitrogens with zero attached hydrogens (tertiary/aromatic N) is 4. The van der Waals surface area contributed by atoms with Gasteiger partial charge in [-0.25, -0.2) is 10.4 Å². The maximum atomic E-state index is 13.1. The third-order valence-corrected chi connectivity index (χ3v) is 5.30. The van der Waals surface area contributed by atoms with Gasteiger partial charge in [-0.15, -0.1) is 5.10 Å². The first-order chi connectivity index (χ1) is 13.5. The number of carbonyl (C=O) groups is 2. The monoisotopic (exact) mass is 401 g/mol. The van der Waals surface area contributed by atoms with E-state index in [1.165, 1.54) is 0 Å². The van der Waals surface area contributed by atoms with Gasteiger partial charge in [-0.2, -0.15) is 0 Å². The molecule has 0 bridgehead atoms. The molecule has 2 aliphatic heterocycles. The summed E-state index contributed by atoms with van der Waals surface area (Å²) in [6.45, 7) is 4.57. The van der Waals surface area contributed by atoms with Crippen molar-refractivity contribution >= 4 is 29.3 Å². The van der Waals surface area contributed by atoms with Crippen LogP contribution in [0.1, 0.15) is 59.3 Å². The summed E-state index contributed by atoms with van der Waals surface area (Å²) in [6, 6.07) is 5.05. The number of carbonyl (C=O) groups excluding carboxylic acids is 2. The number of benzene rings is 1. The number of fused-ring (bicyclic) bond motifs is 5. The predicted octanol–water partition coefficient (Wildman–Crippen LogP) is 2.92. The van der Waals surface area contributed by atoms with Gasteiger partial charge in [-0.3, -0.25) is 14.2 Å². The van der Waals surface area contributed by atoms with Gasteiger partial charge in [0.15, 0.2) is 5.69 Å². The molecule has 8 nitrogen and oxygen atoms in total. The molecule has 9 heteroatoms. The average Bonchev–Trinajstić information content (AvgIpc) is 3.30. The maximum Gasteiger partial charge on any atom is 0.292 e. The number of ether oxygens (including phenoxy) is 1. The van der Waals surface area contributed by atoms with Crippen LogP contribution in [0.4, 0.5) is 0 Å². The van der Waals surface area contributed by atoms with Gasteiger partial charge in [0.2, 0.25) is 5.90 Å². The molecule has 4 rings (SSSR count). The molecule has 0 radical (unpaired) electrons. The van der Waals surface area contributed by atoms with Crippen LogP contribution in [0.3, 0.4) is 0 Å². The molecule has 3 heterocycles. The van der Waals surface area contributed by atoms with Gasteiger partial charge in [0.05, 0.1) is 34.6 Å². The smallest absolute Gasteiger partial charge is 0.292 e. The number of imidazole rings is 1. The Morgan fingerprint density at radius 1 is 1.46 bits per heavy atom. The fourth-order valence-electron chi connectivity index (χ4n) is 3.83. The molecule has 1 aromatic heterocycles. The molecule has 2 aliphatic rings. The summed E-state index contributed by atoms with van der Waals surface area (Å²) in [5.74, 6) is -0.211. The van der Waals surface area contributed by atoms with Gasteiger partial charge in [-0.1, -0.05) is 17.7 Å². The van der Waals surface area contributed by atoms with Crippen LogP contribution in [0.25, 0.3) is 5.69 Å². The molecule has 28 heavy (non-hydrogen) atoms. The van der Waals surface area contributed by atoms with E-state index < -0.39 is 5.91 Å². The topological polar surface area (TPSA) is 88.8 Å². The van der Waals surface area contributed by atoms with Crippen molar-refractivity contribution < 1.29 is 14.3 Å². The van der Waals surface area contributed by atoms with E-state index in [1.54, 1.807) is 34.9 Å². The van der Waals surface area contributed by atoms with Crippen LogP contribution in [0.2, 0.25) is 5.02 Å². The van der Waals surface area contributed by atoms with E-state index in [1.807, 2.05) is 13.0 Å². The van der Waals surface area contributed by atoms with E-state index in [4.69, 9.17) is 16.3 Å². The van der Waals surface area contributed by atoms with E-state index in [0.29, 0.717) is 41.0 Å². The van der Waals surface area contributed by atoms with Gasteiger partial charge in [0, 0.05) is 13.5 Å². The molecule has 1 atom stereocenters. The molecule has 0 spiro atoms. The van der Waals surface area contributed by atoms with E-state index >= 15 is 0 Å². The first-order valence-electron chi connectivity index (χ1n) is 9.17. The average molecular weight is 402 g/mol. The third kappa shape index (κ3) is 2.93. The lowest BCUT2D eigenvalue weighted by molar-refractivity contribution is 0.0735. The van der Waals surface area contributed by atoms with Crippen molar-refractivity contribution in [3.63, 3.8) is 0 Å². The van der Waals surface area contributed by atoms with Crippen LogP contribution in [0, 0.1) is 0 Å². The second-order valence-corrected chi connectivity index (χ2v) is 7.05. The summed E-state index contributed by atoms with van der Waals surface area (Å²) in [4.78, 5) is 32.0. The van der Waals surface area contributed by atoms with Crippen LogP contribution in [-0.4, -0.2) is 45.3 Å². The van der Waals surface area contributed by atoms with Crippen molar-refractivity contribution in [2.45, 2.75) is 32.7 Å². The molecule has 146 valence electrons. The minimum absolute atomic E-state index is 0.122. The number of hydrogen-bond donors (Lipinski definition) is 1. The number of hydrazone groups is 1. The highest BCUT2D eigenvalue weighted by molar-refractivity contribution is 6.34. The zero-order valence-corrected chi connectivity index (χ0v) is 16.4. The molecular weight excluding hydrogens is 382 g/mol. The second kappa shape index (κ2) is 7.27. The van der Waals surface area contributed by atoms with Crippen molar-refractivity contribution in [1.82, 2.24) is 19.9 Å². The van der Waals surface area contributed by atoms with E-state index in [-0.39, 0.29) is 17.6 Å². The van der Waals surface area contributed by atoms with Gasteiger partial charge >= 0.3 is 0 Å². The second-order valence-electron chi connectivity index (χ2n) is 6.64. The lowest BCUT2D eigenvalue weighted by atomic mass is 10.1. The lowest BCUT2D eigenvalue weighted by Crippen LogP contribution is -2.31. The van der Waals surface area contributed by atoms with E-state index in [9.17, 15) is 9.59 Å². The van der Waals surface area contributed by atoms with Crippen LogP contribution in [0.15, 0.2) is 29.6 Å². The van der Waals surface area contributed by atoms with Crippen LogP contribution in [0.5, 0.6) is 0 Å². The zero-order chi connectivity index (χ0) is 19.8. The number of rotatable bonds is 3. The highest BCUT2D eigenvalue weighted by Crippen LogP contribution is 2.41. The predicted molar refractivity (Wildman–Crippen MR) is 104 cm³/mol. The van der Waals surface area contributed by atoms with Gasteiger partial charge < -0.3 is 9.64 Å². The standard InChI is InChI=1S/C19H20ClN5O3/c1-3-28-11(2)22-23-18(26)16-17-14-8-5-9-24(14)19(27)15-12(20)6-4-7-13(15)25(17)10-21-16/h4,6-7,10,14H,3,5,8-9H2,1-2H3,(H,23,26)/t14-/m0/s1. The Hall–Kier alpha value is -2.87. The van der Waals surface area contributed by atoms with Crippen LogP contribution in [-0.2, 0) is 4.74 Å². The lowest BCUT2D eigenvalue weighted by Gasteiger charge is -2.23. The number of aromatic nitrogens is 2. The molecule has 1 saturated heterocycles. The normalized spacial score (nSPS) is 18.2. The summed E-state index contributed by atoms with van der Waals surface area (Å²) >= 11 is 6.36. The Kier molecular flexibility index (Phi) is 4.80. The zero-order valence-electron chi connectivity index (χ0n) is 15.6. The molecule has 1 aromatic carbocycles. The summed E-state index contributed by atoms with van der Waals surface area (Å²) in [7, 11) is 0. The minimum atomic E-state index is -0.447. The van der Waals surface area contributed by atoms with Crippen molar-refractivity contribution in [3.05, 3.63) is 46.5 Å². The molecule has 0 unspecified atom stereocenters. The maximum absolute atomic E-state index is 13.1. The van der Waals surface area contributed by atoms with Crippen molar-refractivity contribution in [2.75, 3.05) is 13.2 Å². The molecule has 2 amide bonds. The molecule has 2 aromatic rings. The van der Waals surface area contributed by atoms with Gasteiger partial charge in [-0.05, 0) is 31.9 Å². The van der Waals surface area contributed by atoms with Crippen molar-refractivity contribution in [2.24, 2.45) is 5.10 Å². The Morgan fingerprint density at radius 3 is 3.07 bits per heavy atom. The summed E-state index contributed by atoms with van der Waals surface area (Å²) in [6.07, 6.45) is 3.17. The summed E-state index contributed by atoms with van der Waals surface area (Å²) < 4.78 is 7.02. The molecule has 1 fully saturated rings. The third-order valence-electron chi connectivity index (χ3n) is 4.98. The van der Waals surface area contributed by atoms with Crippen molar-refractivity contribution in [3.8, 4) is 5.69 Å². The van der Waals surface area contributed by atoms with Gasteiger partial charge in [0.1, 0.15) is 6.33 Å². The van der Waals surface area contributed by atoms with Crippen LogP contribution >= 0.6 is 11.6 Å². The molecular formula is C19H20ClN5O3. The number of amides is 2. The fraction of sp³-hybridized carbons (Fsp3) is 0.368. The van der Waals surface area contributed by atoms with E-state index in [2.05, 4.69) is 15.5 Å². The molecule has 1 N–H and O–H groups in total. The van der Waals surface area contributed by atoms with Gasteiger partial charge in [0.25, 0.3) is 11.8 Å². The van der Waals surface area contributed by atoms with E-state index in [0.717, 1.165) is 12.8 Å². The first-order valence-corrected chi connectivity index (χ1v) is 9.55. The Morgan fingerprint density at radius 2 is 2.29 bits per heavy atom. The van der Waals surface area contributed by atoms with Crippen LogP contribution < -0.4 is 5.43 Å². The number of halogens is 1. The Bertz CT molecular complexity index is 984. The number of hydrogen-bond acceptors (Lipinski definition) is 5. The summed E-state index contributed by atoms with van der Waals surface area (Å²) in [5.41, 5.74) is 4.46. The Balaban J connectivity index is 1.81. The highest BCUT2D eigenvalue weighted by Gasteiger charge is 2.40. The minimum Gasteiger partial charge on any atom is -0.480 e. The summed E-state index contributed by atoms with van der Waals surface area (Å²) in [5, 5.41) is 4.33. The first kappa shape index (κ1) is 18.5. The quantitative estimate of drug-likeness (QED) is 0.486. The molecule has 0 aliphatic carbocycles. The molecule has 0 saturated carbocycles. The largest absolute Gasteiger partial charge is 0.480 e. The number of nitrogens with one attached hydrogen (secondary N) is 1. The SMILES string of the molecule is CCOC(C)=NNC(=O)c1ncn2c1[C@@H]1CCCN1C(=O)c1c(Cl)cccc1-2. The Labute approximate surface area is 167 Å². The highest BCUT2D eigenvalue weighted by atomic mass is 35.5. The fourth-order valence-corrected chi connectivity index (χ4v) is 4.08. The van der Waals surface area contributed by atoms with Crippen molar-refractivity contribution in [1.29, 1.82) is 0 Å².